The number of rotatable bonds is 3. The second kappa shape index (κ2) is 5.55. The minimum atomic E-state index is -0.285. The van der Waals surface area contributed by atoms with Gasteiger partial charge in [-0.3, -0.25) is 0 Å². The number of hydrogen-bond acceptors (Lipinski definition) is 2. The van der Waals surface area contributed by atoms with Crippen LogP contribution in [0.25, 0.3) is 0 Å². The van der Waals surface area contributed by atoms with Crippen molar-refractivity contribution in [2.45, 2.75) is 16.6 Å². The van der Waals surface area contributed by atoms with Crippen molar-refractivity contribution in [3.63, 3.8) is 0 Å². The molecule has 0 saturated carbocycles. The second-order valence-corrected chi connectivity index (χ2v) is 6.73. The van der Waals surface area contributed by atoms with E-state index >= 15 is 0 Å². The monoisotopic (exact) mass is 338 g/mol. The van der Waals surface area contributed by atoms with Gasteiger partial charge in [-0.25, -0.2) is 4.39 Å². The van der Waals surface area contributed by atoms with Crippen molar-refractivity contribution >= 4 is 27.7 Å². The molecule has 4 heteroatoms. The maximum Gasteiger partial charge on any atom is 0.128 e. The minimum absolute atomic E-state index is 0.285. The summed E-state index contributed by atoms with van der Waals surface area (Å²) in [7, 11) is 0. The Kier molecular flexibility index (Phi) is 3.80. The van der Waals surface area contributed by atoms with Crippen molar-refractivity contribution in [3.8, 4) is 5.75 Å². The lowest BCUT2D eigenvalue weighted by molar-refractivity contribution is 0.315. The molecular weight excluding hydrogens is 327 g/mol. The van der Waals surface area contributed by atoms with E-state index < -0.39 is 0 Å². The molecule has 3 rings (SSSR count). The van der Waals surface area contributed by atoms with Crippen molar-refractivity contribution in [1.29, 1.82) is 0 Å². The van der Waals surface area contributed by atoms with Crippen LogP contribution in [0.5, 0.6) is 5.75 Å². The Morgan fingerprint density at radius 3 is 2.89 bits per heavy atom. The molecular formula is C15H12BrFOS. The van der Waals surface area contributed by atoms with E-state index in [2.05, 4.69) is 40.2 Å². The van der Waals surface area contributed by atoms with Crippen LogP contribution in [0, 0.1) is 5.82 Å². The fourth-order valence-electron chi connectivity index (χ4n) is 2.15. The predicted octanol–water partition coefficient (Wildman–Crippen LogP) is 4.68. The summed E-state index contributed by atoms with van der Waals surface area (Å²) in [6, 6.07) is 13.0. The smallest absolute Gasteiger partial charge is 0.128 e. The highest BCUT2D eigenvalue weighted by Gasteiger charge is 2.22. The average Bonchev–Trinajstić information content (AvgIpc) is 2.78. The van der Waals surface area contributed by atoms with Gasteiger partial charge < -0.3 is 4.74 Å². The molecule has 0 radical (unpaired) electrons. The average molecular weight is 339 g/mol. The summed E-state index contributed by atoms with van der Waals surface area (Å²) in [6.07, 6.45) is 1.01. The van der Waals surface area contributed by atoms with E-state index in [1.807, 2.05) is 11.8 Å². The van der Waals surface area contributed by atoms with E-state index in [0.717, 1.165) is 6.42 Å². The molecule has 0 saturated heterocycles. The lowest BCUT2D eigenvalue weighted by atomic mass is 10.1. The van der Waals surface area contributed by atoms with E-state index in [1.165, 1.54) is 22.6 Å². The fraction of sp³-hybridized carbons (Fsp3) is 0.200. The van der Waals surface area contributed by atoms with E-state index in [1.54, 1.807) is 6.07 Å². The topological polar surface area (TPSA) is 9.23 Å². The largest absolute Gasteiger partial charge is 0.492 e. The van der Waals surface area contributed by atoms with Crippen LogP contribution in [-0.2, 0) is 6.42 Å². The second-order valence-electron chi connectivity index (χ2n) is 4.47. The molecule has 1 atom stereocenters. The third-order valence-corrected chi connectivity index (χ3v) is 4.73. The maximum absolute atomic E-state index is 13.2. The first-order valence-electron chi connectivity index (χ1n) is 6.04. The van der Waals surface area contributed by atoms with Crippen LogP contribution >= 0.6 is 27.7 Å². The highest BCUT2D eigenvalue weighted by Crippen LogP contribution is 2.37. The molecule has 0 aliphatic carbocycles. The molecule has 1 unspecified atom stereocenters. The summed E-state index contributed by atoms with van der Waals surface area (Å²) in [5.74, 6) is 0.287. The molecule has 0 N–H and O–H groups in total. The normalized spacial score (nSPS) is 17.3. The summed E-state index contributed by atoms with van der Waals surface area (Å²) >= 11 is 5.10. The van der Waals surface area contributed by atoms with Gasteiger partial charge in [0, 0.05) is 20.7 Å². The highest BCUT2D eigenvalue weighted by molar-refractivity contribution is 9.10. The first-order chi connectivity index (χ1) is 9.20. The van der Waals surface area contributed by atoms with E-state index in [0.29, 0.717) is 22.1 Å². The molecule has 2 aromatic rings. The summed E-state index contributed by atoms with van der Waals surface area (Å²) < 4.78 is 19.6. The Hall–Kier alpha value is -1.00. The lowest BCUT2D eigenvalue weighted by Crippen LogP contribution is -2.13. The lowest BCUT2D eigenvalue weighted by Gasteiger charge is -2.11. The van der Waals surface area contributed by atoms with Crippen molar-refractivity contribution in [2.75, 3.05) is 6.61 Å². The Morgan fingerprint density at radius 1 is 1.26 bits per heavy atom. The zero-order valence-corrected chi connectivity index (χ0v) is 12.5. The Bertz CT molecular complexity index is 557. The predicted molar refractivity (Wildman–Crippen MR) is 79.4 cm³/mol. The van der Waals surface area contributed by atoms with E-state index in [9.17, 15) is 4.39 Å². The fourth-order valence-corrected chi connectivity index (χ4v) is 3.81. The van der Waals surface area contributed by atoms with Gasteiger partial charge in [0.2, 0.25) is 0 Å². The van der Waals surface area contributed by atoms with Crippen LogP contribution < -0.4 is 4.74 Å². The van der Waals surface area contributed by atoms with E-state index in [-0.39, 0.29) is 5.82 Å². The van der Waals surface area contributed by atoms with Crippen molar-refractivity contribution in [1.82, 2.24) is 0 Å². The summed E-state index contributed by atoms with van der Waals surface area (Å²) in [6.45, 7) is 0.593. The Balaban J connectivity index is 1.62. The molecule has 1 aliphatic heterocycles. The number of thioether (sulfide) groups is 1. The van der Waals surface area contributed by atoms with Gasteiger partial charge in [-0.2, -0.15) is 0 Å². The number of hydrogen-bond donors (Lipinski definition) is 0. The molecule has 98 valence electrons. The number of ether oxygens (including phenoxy) is 1. The van der Waals surface area contributed by atoms with Gasteiger partial charge in [-0.05, 0) is 30.2 Å². The van der Waals surface area contributed by atoms with E-state index in [4.69, 9.17) is 4.74 Å². The minimum Gasteiger partial charge on any atom is -0.492 e. The van der Waals surface area contributed by atoms with Crippen LogP contribution in [0.2, 0.25) is 0 Å². The molecule has 1 nitrogen and oxygen atoms in total. The number of fused-ring (bicyclic) bond motifs is 1. The Labute approximate surface area is 124 Å². The molecule has 19 heavy (non-hydrogen) atoms. The van der Waals surface area contributed by atoms with Gasteiger partial charge in [0.1, 0.15) is 18.2 Å². The summed E-state index contributed by atoms with van der Waals surface area (Å²) in [5, 5.41) is 0.402. The summed E-state index contributed by atoms with van der Waals surface area (Å²) in [4.78, 5) is 1.33. The van der Waals surface area contributed by atoms with Crippen molar-refractivity contribution in [2.24, 2.45) is 0 Å². The van der Waals surface area contributed by atoms with Crippen LogP contribution in [0.3, 0.4) is 0 Å². The van der Waals surface area contributed by atoms with Crippen LogP contribution in [0.1, 0.15) is 5.56 Å². The third kappa shape index (κ3) is 3.12. The van der Waals surface area contributed by atoms with Crippen LogP contribution in [0.4, 0.5) is 4.39 Å². The Morgan fingerprint density at radius 2 is 2.11 bits per heavy atom. The van der Waals surface area contributed by atoms with Gasteiger partial charge in [0.05, 0.1) is 0 Å². The first-order valence-corrected chi connectivity index (χ1v) is 7.71. The highest BCUT2D eigenvalue weighted by atomic mass is 79.9. The zero-order valence-electron chi connectivity index (χ0n) is 10.1. The third-order valence-electron chi connectivity index (χ3n) is 2.99. The standard InChI is InChI=1S/C15H12BrFOS/c16-11-6-12(17)8-13(7-11)18-9-14-5-10-3-1-2-4-15(10)19-14/h1-4,6-8,14H,5,9H2. The molecule has 1 aliphatic rings. The molecule has 0 bridgehead atoms. The maximum atomic E-state index is 13.2. The molecule has 0 aromatic heterocycles. The SMILES string of the molecule is Fc1cc(Br)cc(OCC2Cc3ccccc3S2)c1. The zero-order chi connectivity index (χ0) is 13.2. The van der Waals surface area contributed by atoms with Gasteiger partial charge in [0.25, 0.3) is 0 Å². The van der Waals surface area contributed by atoms with Crippen molar-refractivity contribution in [3.05, 3.63) is 58.3 Å². The van der Waals surface area contributed by atoms with Gasteiger partial charge >= 0.3 is 0 Å². The molecule has 0 spiro atoms. The van der Waals surface area contributed by atoms with Crippen LogP contribution in [-0.4, -0.2) is 11.9 Å². The molecule has 0 amide bonds. The van der Waals surface area contributed by atoms with Crippen LogP contribution in [0.15, 0.2) is 51.8 Å². The van der Waals surface area contributed by atoms with Gasteiger partial charge in [0.15, 0.2) is 0 Å². The number of benzene rings is 2. The first kappa shape index (κ1) is 13.0. The summed E-state index contributed by atoms with van der Waals surface area (Å²) in [5.41, 5.74) is 1.38. The molecule has 2 aromatic carbocycles. The number of halogens is 2. The molecule has 1 heterocycles. The quantitative estimate of drug-likeness (QED) is 0.803. The molecule has 0 fully saturated rings. The van der Waals surface area contributed by atoms with Crippen molar-refractivity contribution < 1.29 is 9.13 Å². The van der Waals surface area contributed by atoms with Gasteiger partial charge in [-0.1, -0.05) is 34.1 Å². The van der Waals surface area contributed by atoms with Gasteiger partial charge in [-0.15, -0.1) is 11.8 Å².